The molecule has 1 aromatic rings. The number of azide groups is 1. The van der Waals surface area contributed by atoms with Gasteiger partial charge in [-0.1, -0.05) is 39.2 Å². The topological polar surface area (TPSA) is 106 Å². The Balaban J connectivity index is 2.15. The lowest BCUT2D eigenvalue weighted by atomic mass is 10.0. The first-order valence-electron chi connectivity index (χ1n) is 6.79. The van der Waals surface area contributed by atoms with Gasteiger partial charge >= 0.3 is 5.97 Å². The molecule has 116 valence electrons. The third kappa shape index (κ3) is 3.78. The van der Waals surface area contributed by atoms with Crippen LogP contribution in [0.5, 0.6) is 0 Å². The van der Waals surface area contributed by atoms with Gasteiger partial charge in [0.1, 0.15) is 6.04 Å². The van der Waals surface area contributed by atoms with Crippen molar-refractivity contribution < 1.29 is 14.7 Å². The number of carbonyl (C=O) groups excluding carboxylic acids is 1. The van der Waals surface area contributed by atoms with Crippen molar-refractivity contribution >= 4 is 27.8 Å². The number of carbonyl (C=O) groups is 2. The molecule has 1 heterocycles. The number of halogens is 1. The second-order valence-electron chi connectivity index (χ2n) is 5.18. The number of hydrogen-bond donors (Lipinski definition) is 1. The molecule has 0 radical (unpaired) electrons. The van der Waals surface area contributed by atoms with E-state index in [1.165, 1.54) is 4.90 Å². The highest BCUT2D eigenvalue weighted by molar-refractivity contribution is 9.10. The molecule has 0 bridgehead atoms. The number of carboxylic acids is 1. The summed E-state index contributed by atoms with van der Waals surface area (Å²) in [6.45, 7) is 0.513. The van der Waals surface area contributed by atoms with E-state index in [4.69, 9.17) is 5.53 Å². The van der Waals surface area contributed by atoms with Gasteiger partial charge < -0.3 is 10.0 Å². The van der Waals surface area contributed by atoms with E-state index in [2.05, 4.69) is 26.0 Å². The second kappa shape index (κ2) is 7.29. The average molecular weight is 367 g/mol. The monoisotopic (exact) mass is 366 g/mol. The van der Waals surface area contributed by atoms with E-state index < -0.39 is 12.0 Å². The summed E-state index contributed by atoms with van der Waals surface area (Å²) in [4.78, 5) is 27.7. The van der Waals surface area contributed by atoms with Crippen molar-refractivity contribution in [3.05, 3.63) is 44.7 Å². The van der Waals surface area contributed by atoms with Crippen LogP contribution < -0.4 is 0 Å². The van der Waals surface area contributed by atoms with Gasteiger partial charge in [-0.15, -0.1) is 0 Å². The minimum Gasteiger partial charge on any atom is -0.480 e. The highest BCUT2D eigenvalue weighted by Crippen LogP contribution is 2.25. The lowest BCUT2D eigenvalue weighted by molar-refractivity contribution is -0.148. The number of amides is 1. The predicted molar refractivity (Wildman–Crippen MR) is 83.1 cm³/mol. The van der Waals surface area contributed by atoms with Gasteiger partial charge in [-0.2, -0.15) is 0 Å². The molecule has 1 fully saturated rings. The van der Waals surface area contributed by atoms with Crippen LogP contribution in [0.15, 0.2) is 33.9 Å². The van der Waals surface area contributed by atoms with Gasteiger partial charge in [0.2, 0.25) is 5.91 Å². The Labute approximate surface area is 135 Å². The third-order valence-electron chi connectivity index (χ3n) is 3.67. The number of likely N-dealkylation sites (tertiary alicyclic amines) is 1. The number of benzene rings is 1. The van der Waals surface area contributed by atoms with Gasteiger partial charge in [-0.25, -0.2) is 4.79 Å². The number of carboxylic acid groups (broad SMARTS) is 1. The molecule has 1 aliphatic rings. The average Bonchev–Trinajstić information content (AvgIpc) is 2.84. The van der Waals surface area contributed by atoms with Crippen molar-refractivity contribution in [2.75, 3.05) is 13.1 Å². The molecule has 0 aromatic heterocycles. The summed E-state index contributed by atoms with van der Waals surface area (Å²) in [6.07, 6.45) is 0.454. The van der Waals surface area contributed by atoms with Gasteiger partial charge in [-0.05, 0) is 23.1 Å². The van der Waals surface area contributed by atoms with Crippen LogP contribution in [-0.4, -0.2) is 41.0 Å². The zero-order valence-corrected chi connectivity index (χ0v) is 13.3. The number of nitrogens with zero attached hydrogens (tertiary/aromatic N) is 4. The highest BCUT2D eigenvalue weighted by atomic mass is 79.9. The van der Waals surface area contributed by atoms with Crippen LogP contribution in [0, 0.1) is 5.92 Å². The van der Waals surface area contributed by atoms with Crippen LogP contribution in [0.1, 0.15) is 12.0 Å². The molecule has 8 heteroatoms. The molecule has 1 N–H and O–H groups in total. The van der Waals surface area contributed by atoms with E-state index >= 15 is 0 Å². The van der Waals surface area contributed by atoms with Crippen LogP contribution in [-0.2, 0) is 16.0 Å². The summed E-state index contributed by atoms with van der Waals surface area (Å²) in [5.74, 6) is -1.37. The molecule has 7 nitrogen and oxygen atoms in total. The van der Waals surface area contributed by atoms with Crippen molar-refractivity contribution in [1.82, 2.24) is 4.90 Å². The molecule has 1 amide bonds. The van der Waals surface area contributed by atoms with Gasteiger partial charge in [-0.3, -0.25) is 4.79 Å². The zero-order valence-electron chi connectivity index (χ0n) is 11.7. The number of rotatable bonds is 6. The summed E-state index contributed by atoms with van der Waals surface area (Å²) >= 11 is 3.39. The van der Waals surface area contributed by atoms with E-state index in [-0.39, 0.29) is 31.2 Å². The largest absolute Gasteiger partial charge is 0.480 e. The summed E-state index contributed by atoms with van der Waals surface area (Å²) in [5, 5.41) is 12.9. The molecule has 2 rings (SSSR count). The predicted octanol–water partition coefficient (Wildman–Crippen LogP) is 2.60. The minimum atomic E-state index is -1.03. The van der Waals surface area contributed by atoms with Crippen molar-refractivity contribution in [2.45, 2.75) is 18.9 Å². The van der Waals surface area contributed by atoms with Crippen LogP contribution >= 0.6 is 15.9 Å². The van der Waals surface area contributed by atoms with E-state index in [0.717, 1.165) is 10.0 Å². The molecule has 1 aliphatic heterocycles. The lowest BCUT2D eigenvalue weighted by Crippen LogP contribution is -2.43. The Hall–Kier alpha value is -2.05. The Morgan fingerprint density at radius 2 is 2.27 bits per heavy atom. The molecular weight excluding hydrogens is 352 g/mol. The first kappa shape index (κ1) is 16.3. The van der Waals surface area contributed by atoms with E-state index in [1.54, 1.807) is 0 Å². The fourth-order valence-electron chi connectivity index (χ4n) is 2.59. The van der Waals surface area contributed by atoms with Crippen LogP contribution in [0.2, 0.25) is 0 Å². The van der Waals surface area contributed by atoms with Gasteiger partial charge in [0, 0.05) is 35.3 Å². The minimum absolute atomic E-state index is 0.121. The van der Waals surface area contributed by atoms with Crippen molar-refractivity contribution in [3.63, 3.8) is 0 Å². The number of hydrogen-bond acceptors (Lipinski definition) is 3. The summed E-state index contributed by atoms with van der Waals surface area (Å²) in [6, 6.07) is 6.43. The zero-order chi connectivity index (χ0) is 16.1. The van der Waals surface area contributed by atoms with Gasteiger partial charge in [0.05, 0.1) is 0 Å². The lowest BCUT2D eigenvalue weighted by Gasteiger charge is -2.25. The van der Waals surface area contributed by atoms with Crippen LogP contribution in [0.25, 0.3) is 10.4 Å². The summed E-state index contributed by atoms with van der Waals surface area (Å²) < 4.78 is 0.818. The van der Waals surface area contributed by atoms with Crippen molar-refractivity contribution in [1.29, 1.82) is 0 Å². The van der Waals surface area contributed by atoms with E-state index in [1.807, 2.05) is 24.3 Å². The fraction of sp³-hybridized carbons (Fsp3) is 0.429. The normalized spacial score (nSPS) is 18.9. The molecule has 22 heavy (non-hydrogen) atoms. The number of aliphatic carboxylic acids is 1. The quantitative estimate of drug-likeness (QED) is 0.474. The van der Waals surface area contributed by atoms with E-state index in [0.29, 0.717) is 6.54 Å². The Kier molecular flexibility index (Phi) is 5.41. The fourth-order valence-corrected chi connectivity index (χ4v) is 3.03. The van der Waals surface area contributed by atoms with Crippen LogP contribution in [0.4, 0.5) is 0 Å². The smallest absolute Gasteiger partial charge is 0.326 e. The SMILES string of the molecule is [N-]=[N+]=NCC1CC(=O)N([C@@H](Cc2ccccc2Br)C(=O)O)C1. The molecule has 2 atom stereocenters. The summed E-state index contributed by atoms with van der Waals surface area (Å²) in [5.41, 5.74) is 9.18. The molecule has 1 unspecified atom stereocenters. The Morgan fingerprint density at radius 3 is 2.91 bits per heavy atom. The molecule has 0 saturated carbocycles. The van der Waals surface area contributed by atoms with Crippen LogP contribution in [0.3, 0.4) is 0 Å². The first-order valence-corrected chi connectivity index (χ1v) is 7.58. The second-order valence-corrected chi connectivity index (χ2v) is 6.03. The maximum absolute atomic E-state index is 12.1. The molecule has 1 saturated heterocycles. The summed E-state index contributed by atoms with van der Waals surface area (Å²) in [7, 11) is 0. The molecular formula is C14H15BrN4O3. The first-order chi connectivity index (χ1) is 10.5. The Bertz CT molecular complexity index is 630. The van der Waals surface area contributed by atoms with Crippen molar-refractivity contribution in [3.8, 4) is 0 Å². The Morgan fingerprint density at radius 1 is 1.55 bits per heavy atom. The molecule has 1 aromatic carbocycles. The maximum atomic E-state index is 12.1. The molecule has 0 spiro atoms. The standard InChI is InChI=1S/C14H15BrN4O3/c15-11-4-2-1-3-10(11)6-12(14(21)22)19-8-9(5-13(19)20)7-17-18-16/h1-4,9,12H,5-8H2,(H,21,22)/t9?,12-/m0/s1. The van der Waals surface area contributed by atoms with Crippen molar-refractivity contribution in [2.24, 2.45) is 11.0 Å². The molecule has 0 aliphatic carbocycles. The highest BCUT2D eigenvalue weighted by Gasteiger charge is 2.37. The third-order valence-corrected chi connectivity index (χ3v) is 4.45. The maximum Gasteiger partial charge on any atom is 0.326 e. The van der Waals surface area contributed by atoms with Gasteiger partial charge in [0.15, 0.2) is 0 Å². The van der Waals surface area contributed by atoms with E-state index in [9.17, 15) is 14.7 Å². The van der Waals surface area contributed by atoms with Gasteiger partial charge in [0.25, 0.3) is 0 Å².